The van der Waals surface area contributed by atoms with E-state index in [1.54, 1.807) is 45.0 Å². The van der Waals surface area contributed by atoms with E-state index in [1.807, 2.05) is 0 Å². The Balaban J connectivity index is 0.00000242. The molecular weight excluding hydrogens is 308 g/mol. The highest BCUT2D eigenvalue weighted by Gasteiger charge is 2.21. The van der Waals surface area contributed by atoms with Gasteiger partial charge in [-0.15, -0.1) is 12.4 Å². The maximum Gasteiger partial charge on any atom is 0.243 e. The van der Waals surface area contributed by atoms with Crippen molar-refractivity contribution in [1.82, 2.24) is 10.1 Å². The highest BCUT2D eigenvalue weighted by atomic mass is 35.5. The molecule has 0 spiro atoms. The van der Waals surface area contributed by atoms with Gasteiger partial charge in [-0.05, 0) is 38.1 Å². The van der Waals surface area contributed by atoms with Crippen LogP contribution in [0.2, 0.25) is 0 Å². The van der Waals surface area contributed by atoms with Crippen LogP contribution in [-0.4, -0.2) is 21.6 Å². The fraction of sp³-hybridized carbons (Fsp3) is 0.357. The zero-order chi connectivity index (χ0) is 15.5. The van der Waals surface area contributed by atoms with E-state index < -0.39 is 5.54 Å². The van der Waals surface area contributed by atoms with Crippen molar-refractivity contribution in [3.63, 3.8) is 0 Å². The van der Waals surface area contributed by atoms with Gasteiger partial charge in [0.05, 0.1) is 5.54 Å². The fourth-order valence-corrected chi connectivity index (χ4v) is 1.47. The van der Waals surface area contributed by atoms with Gasteiger partial charge in [0.25, 0.3) is 0 Å². The number of carbonyl (C=O) groups is 1. The summed E-state index contributed by atoms with van der Waals surface area (Å²) in [5.41, 5.74) is 5.44. The minimum Gasteiger partial charge on any atom is -0.485 e. The Morgan fingerprint density at radius 2 is 2.00 bits per heavy atom. The number of nitrogens with one attached hydrogen (secondary N) is 1. The molecule has 0 saturated heterocycles. The van der Waals surface area contributed by atoms with Gasteiger partial charge in [0.1, 0.15) is 5.75 Å². The summed E-state index contributed by atoms with van der Waals surface area (Å²) in [6, 6.07) is 6.96. The number of halogens is 1. The molecule has 0 aliphatic carbocycles. The number of ether oxygens (including phenoxy) is 1. The summed E-state index contributed by atoms with van der Waals surface area (Å²) in [5.74, 6) is 1.37. The summed E-state index contributed by atoms with van der Waals surface area (Å²) in [5, 5.41) is 6.46. The zero-order valence-corrected chi connectivity index (χ0v) is 13.4. The standard InChI is InChI=1S/C14H18N4O3.ClH/c1-9-16-12(18-21-9)8-20-11-6-4-10(5-7-11)17-13(19)14(2,3)15;/h4-7H,8,15H2,1-3H3,(H,17,19);1H. The molecule has 1 aromatic carbocycles. The van der Waals surface area contributed by atoms with E-state index in [1.165, 1.54) is 0 Å². The van der Waals surface area contributed by atoms with Gasteiger partial charge in [-0.1, -0.05) is 5.16 Å². The number of amides is 1. The predicted molar refractivity (Wildman–Crippen MR) is 84.0 cm³/mol. The molecule has 22 heavy (non-hydrogen) atoms. The number of anilines is 1. The number of nitrogens with zero attached hydrogens (tertiary/aromatic N) is 2. The number of hydrogen-bond acceptors (Lipinski definition) is 6. The third-order valence-electron chi connectivity index (χ3n) is 2.63. The number of carbonyl (C=O) groups excluding carboxylic acids is 1. The summed E-state index contributed by atoms with van der Waals surface area (Å²) < 4.78 is 10.4. The van der Waals surface area contributed by atoms with Gasteiger partial charge < -0.3 is 20.3 Å². The molecule has 0 unspecified atom stereocenters. The molecule has 1 aromatic heterocycles. The minimum absolute atomic E-state index is 0. The zero-order valence-electron chi connectivity index (χ0n) is 12.6. The Morgan fingerprint density at radius 1 is 1.36 bits per heavy atom. The monoisotopic (exact) mass is 326 g/mol. The maximum atomic E-state index is 11.7. The van der Waals surface area contributed by atoms with Crippen LogP contribution in [0, 0.1) is 6.92 Å². The average Bonchev–Trinajstić information content (AvgIpc) is 2.83. The van der Waals surface area contributed by atoms with E-state index in [-0.39, 0.29) is 24.9 Å². The number of aromatic nitrogens is 2. The molecule has 0 fully saturated rings. The third kappa shape index (κ3) is 5.01. The van der Waals surface area contributed by atoms with Crippen LogP contribution in [-0.2, 0) is 11.4 Å². The average molecular weight is 327 g/mol. The lowest BCUT2D eigenvalue weighted by Crippen LogP contribution is -2.45. The molecule has 0 bridgehead atoms. The SMILES string of the molecule is Cc1nc(COc2ccc(NC(=O)C(C)(C)N)cc2)no1.Cl. The summed E-state index contributed by atoms with van der Waals surface area (Å²) in [7, 11) is 0. The van der Waals surface area contributed by atoms with Gasteiger partial charge in [-0.25, -0.2) is 0 Å². The van der Waals surface area contributed by atoms with Crippen molar-refractivity contribution in [1.29, 1.82) is 0 Å². The first kappa shape index (κ1) is 17.9. The largest absolute Gasteiger partial charge is 0.485 e. The van der Waals surface area contributed by atoms with Crippen LogP contribution in [0.15, 0.2) is 28.8 Å². The fourth-order valence-electron chi connectivity index (χ4n) is 1.47. The van der Waals surface area contributed by atoms with Crippen LogP contribution in [0.4, 0.5) is 5.69 Å². The smallest absolute Gasteiger partial charge is 0.243 e. The maximum absolute atomic E-state index is 11.7. The predicted octanol–water partition coefficient (Wildman–Crippen LogP) is 2.05. The summed E-state index contributed by atoms with van der Waals surface area (Å²) >= 11 is 0. The molecule has 0 atom stereocenters. The van der Waals surface area contributed by atoms with Crippen molar-refractivity contribution in [2.75, 3.05) is 5.32 Å². The van der Waals surface area contributed by atoms with Crippen LogP contribution in [0.5, 0.6) is 5.75 Å². The Labute approximate surface area is 134 Å². The van der Waals surface area contributed by atoms with Gasteiger partial charge in [0, 0.05) is 12.6 Å². The lowest BCUT2D eigenvalue weighted by Gasteiger charge is -2.17. The second-order valence-corrected chi connectivity index (χ2v) is 5.22. The highest BCUT2D eigenvalue weighted by Crippen LogP contribution is 2.17. The van der Waals surface area contributed by atoms with Crippen molar-refractivity contribution in [2.24, 2.45) is 5.73 Å². The van der Waals surface area contributed by atoms with E-state index >= 15 is 0 Å². The topological polar surface area (TPSA) is 103 Å². The van der Waals surface area contributed by atoms with Crippen molar-refractivity contribution >= 4 is 24.0 Å². The first-order valence-corrected chi connectivity index (χ1v) is 6.47. The quantitative estimate of drug-likeness (QED) is 0.871. The molecule has 1 amide bonds. The third-order valence-corrected chi connectivity index (χ3v) is 2.63. The van der Waals surface area contributed by atoms with E-state index in [4.69, 9.17) is 15.0 Å². The second-order valence-electron chi connectivity index (χ2n) is 5.22. The number of rotatable bonds is 5. The van der Waals surface area contributed by atoms with Crippen LogP contribution in [0.1, 0.15) is 25.6 Å². The number of hydrogen-bond donors (Lipinski definition) is 2. The Bertz CT molecular complexity index is 620. The molecule has 0 aliphatic heterocycles. The van der Waals surface area contributed by atoms with Crippen LogP contribution in [0.3, 0.4) is 0 Å². The second kappa shape index (κ2) is 7.24. The summed E-state index contributed by atoms with van der Waals surface area (Å²) in [6.45, 7) is 5.23. The van der Waals surface area contributed by atoms with Gasteiger partial charge in [-0.2, -0.15) is 4.98 Å². The number of aryl methyl sites for hydroxylation is 1. The molecular formula is C14H19ClN4O3. The molecule has 8 heteroatoms. The van der Waals surface area contributed by atoms with E-state index in [0.717, 1.165) is 0 Å². The van der Waals surface area contributed by atoms with Gasteiger partial charge >= 0.3 is 0 Å². The first-order chi connectivity index (χ1) is 9.84. The molecule has 2 rings (SSSR count). The Kier molecular flexibility index (Phi) is 5.90. The minimum atomic E-state index is -0.925. The highest BCUT2D eigenvalue weighted by molar-refractivity contribution is 5.97. The Hall–Kier alpha value is -2.12. The molecule has 0 aliphatic rings. The molecule has 3 N–H and O–H groups in total. The number of nitrogens with two attached hydrogens (primary N) is 1. The summed E-state index contributed by atoms with van der Waals surface area (Å²) in [4.78, 5) is 15.8. The van der Waals surface area contributed by atoms with Crippen molar-refractivity contribution in [3.8, 4) is 5.75 Å². The molecule has 0 saturated carbocycles. The molecule has 0 radical (unpaired) electrons. The van der Waals surface area contributed by atoms with Crippen molar-refractivity contribution in [2.45, 2.75) is 32.9 Å². The lowest BCUT2D eigenvalue weighted by atomic mass is 10.1. The molecule has 2 aromatic rings. The van der Waals surface area contributed by atoms with E-state index in [0.29, 0.717) is 23.2 Å². The van der Waals surface area contributed by atoms with Crippen LogP contribution >= 0.6 is 12.4 Å². The molecule has 7 nitrogen and oxygen atoms in total. The van der Waals surface area contributed by atoms with E-state index in [2.05, 4.69) is 15.5 Å². The first-order valence-electron chi connectivity index (χ1n) is 6.47. The van der Waals surface area contributed by atoms with Gasteiger partial charge in [0.15, 0.2) is 6.61 Å². The van der Waals surface area contributed by atoms with Crippen molar-refractivity contribution < 1.29 is 14.1 Å². The van der Waals surface area contributed by atoms with Gasteiger partial charge in [0.2, 0.25) is 17.6 Å². The summed E-state index contributed by atoms with van der Waals surface area (Å²) in [6.07, 6.45) is 0. The number of benzene rings is 1. The van der Waals surface area contributed by atoms with Crippen molar-refractivity contribution in [3.05, 3.63) is 36.0 Å². The lowest BCUT2D eigenvalue weighted by molar-refractivity contribution is -0.120. The molecule has 120 valence electrons. The van der Waals surface area contributed by atoms with E-state index in [9.17, 15) is 4.79 Å². The van der Waals surface area contributed by atoms with Gasteiger partial charge in [-0.3, -0.25) is 4.79 Å². The van der Waals surface area contributed by atoms with Crippen LogP contribution in [0.25, 0.3) is 0 Å². The van der Waals surface area contributed by atoms with Crippen LogP contribution < -0.4 is 15.8 Å². The normalized spacial score (nSPS) is 10.7. The molecule has 1 heterocycles. The Morgan fingerprint density at radius 3 is 2.50 bits per heavy atom.